The summed E-state index contributed by atoms with van der Waals surface area (Å²) in [5.74, 6) is 0. The maximum absolute atomic E-state index is 12.8. The van der Waals surface area contributed by atoms with E-state index >= 15 is 0 Å². The second-order valence-corrected chi connectivity index (χ2v) is 3.03. The molecule has 1 N–H and O–H groups in total. The molecule has 0 saturated heterocycles. The largest absolute Gasteiger partial charge is 0.393 e. The van der Waals surface area contributed by atoms with Gasteiger partial charge in [-0.15, -0.1) is 0 Å². The molecule has 0 fully saturated rings. The second kappa shape index (κ2) is 3.83. The third kappa shape index (κ3) is 2.01. The SMILES string of the molecule is OCC(F)c1ccccc1Br. The van der Waals surface area contributed by atoms with E-state index in [1.54, 1.807) is 24.3 Å². The Bertz CT molecular complexity index is 239. The van der Waals surface area contributed by atoms with E-state index in [1.807, 2.05) is 0 Å². The monoisotopic (exact) mass is 218 g/mol. The van der Waals surface area contributed by atoms with Crippen LogP contribution in [0.5, 0.6) is 0 Å². The molecule has 1 rings (SSSR count). The average Bonchev–Trinajstić information content (AvgIpc) is 2.04. The molecule has 0 aliphatic carbocycles. The highest BCUT2D eigenvalue weighted by Crippen LogP contribution is 2.24. The molecule has 0 spiro atoms. The molecule has 0 aliphatic rings. The zero-order valence-corrected chi connectivity index (χ0v) is 7.38. The summed E-state index contributed by atoms with van der Waals surface area (Å²) in [6.45, 7) is -0.470. The Morgan fingerprint density at radius 1 is 1.45 bits per heavy atom. The highest BCUT2D eigenvalue weighted by atomic mass is 79.9. The molecule has 0 aromatic heterocycles. The molecule has 1 nitrogen and oxygen atoms in total. The number of benzene rings is 1. The van der Waals surface area contributed by atoms with Crippen LogP contribution in [0.2, 0.25) is 0 Å². The van der Waals surface area contributed by atoms with Gasteiger partial charge in [-0.05, 0) is 6.07 Å². The Morgan fingerprint density at radius 3 is 2.64 bits per heavy atom. The van der Waals surface area contributed by atoms with Crippen LogP contribution in [-0.4, -0.2) is 11.7 Å². The highest BCUT2D eigenvalue weighted by molar-refractivity contribution is 9.10. The molecule has 1 atom stereocenters. The van der Waals surface area contributed by atoms with Gasteiger partial charge in [-0.25, -0.2) is 4.39 Å². The fourth-order valence-corrected chi connectivity index (χ4v) is 1.36. The maximum Gasteiger partial charge on any atom is 0.149 e. The Labute approximate surface area is 73.0 Å². The van der Waals surface area contributed by atoms with Gasteiger partial charge in [-0.2, -0.15) is 0 Å². The predicted molar refractivity (Wildman–Crippen MR) is 45.1 cm³/mol. The molecule has 1 aromatic rings. The van der Waals surface area contributed by atoms with E-state index in [-0.39, 0.29) is 0 Å². The Morgan fingerprint density at radius 2 is 2.09 bits per heavy atom. The van der Waals surface area contributed by atoms with Gasteiger partial charge >= 0.3 is 0 Å². The lowest BCUT2D eigenvalue weighted by Crippen LogP contribution is -1.97. The van der Waals surface area contributed by atoms with Crippen LogP contribution in [0.15, 0.2) is 28.7 Å². The van der Waals surface area contributed by atoms with Gasteiger partial charge in [0.2, 0.25) is 0 Å². The molecule has 60 valence electrons. The highest BCUT2D eigenvalue weighted by Gasteiger charge is 2.09. The van der Waals surface area contributed by atoms with Crippen molar-refractivity contribution in [2.75, 3.05) is 6.61 Å². The number of aliphatic hydroxyl groups is 1. The fraction of sp³-hybridized carbons (Fsp3) is 0.250. The van der Waals surface area contributed by atoms with Gasteiger partial charge in [0.25, 0.3) is 0 Å². The van der Waals surface area contributed by atoms with E-state index in [9.17, 15) is 4.39 Å². The number of hydrogen-bond donors (Lipinski definition) is 1. The minimum absolute atomic E-state index is 0.470. The first-order valence-corrected chi connectivity index (χ1v) is 4.04. The number of rotatable bonds is 2. The molecule has 0 radical (unpaired) electrons. The lowest BCUT2D eigenvalue weighted by atomic mass is 10.1. The smallest absolute Gasteiger partial charge is 0.149 e. The molecule has 1 unspecified atom stereocenters. The summed E-state index contributed by atoms with van der Waals surface area (Å²) in [7, 11) is 0. The molecular formula is C8H8BrFO. The number of hydrogen-bond acceptors (Lipinski definition) is 1. The summed E-state index contributed by atoms with van der Waals surface area (Å²) in [6.07, 6.45) is -1.29. The van der Waals surface area contributed by atoms with Crippen molar-refractivity contribution < 1.29 is 9.50 Å². The summed E-state index contributed by atoms with van der Waals surface area (Å²) >= 11 is 3.19. The van der Waals surface area contributed by atoms with Crippen LogP contribution in [-0.2, 0) is 0 Å². The first kappa shape index (κ1) is 8.68. The van der Waals surface area contributed by atoms with E-state index in [0.29, 0.717) is 10.0 Å². The zero-order chi connectivity index (χ0) is 8.27. The first-order valence-electron chi connectivity index (χ1n) is 3.25. The summed E-state index contributed by atoms with van der Waals surface area (Å²) in [5, 5.41) is 8.52. The molecule has 0 aliphatic heterocycles. The summed E-state index contributed by atoms with van der Waals surface area (Å²) in [5.41, 5.74) is 0.495. The van der Waals surface area contributed by atoms with Crippen molar-refractivity contribution in [2.45, 2.75) is 6.17 Å². The summed E-state index contributed by atoms with van der Waals surface area (Å²) < 4.78 is 13.5. The third-order valence-corrected chi connectivity index (χ3v) is 2.13. The maximum atomic E-state index is 12.8. The molecule has 0 saturated carbocycles. The Hall–Kier alpha value is -0.410. The Kier molecular flexibility index (Phi) is 3.02. The van der Waals surface area contributed by atoms with Crippen molar-refractivity contribution in [3.05, 3.63) is 34.3 Å². The average molecular weight is 219 g/mol. The van der Waals surface area contributed by atoms with Gasteiger partial charge in [0, 0.05) is 10.0 Å². The normalized spacial score (nSPS) is 13.0. The van der Waals surface area contributed by atoms with E-state index in [1.165, 1.54) is 0 Å². The molecule has 1 aromatic carbocycles. The lowest BCUT2D eigenvalue weighted by Gasteiger charge is -2.05. The summed E-state index contributed by atoms with van der Waals surface area (Å²) in [6, 6.07) is 6.93. The molecule has 0 heterocycles. The Balaban J connectivity index is 2.93. The predicted octanol–water partition coefficient (Wildman–Crippen LogP) is 2.45. The second-order valence-electron chi connectivity index (χ2n) is 2.17. The molecule has 0 bridgehead atoms. The van der Waals surface area contributed by atoms with Gasteiger partial charge in [0.15, 0.2) is 0 Å². The van der Waals surface area contributed by atoms with Gasteiger partial charge < -0.3 is 5.11 Å². The van der Waals surface area contributed by atoms with E-state index < -0.39 is 12.8 Å². The molecule has 3 heteroatoms. The third-order valence-electron chi connectivity index (χ3n) is 1.40. The van der Waals surface area contributed by atoms with Crippen LogP contribution < -0.4 is 0 Å². The lowest BCUT2D eigenvalue weighted by molar-refractivity contribution is 0.179. The van der Waals surface area contributed by atoms with Crippen molar-refractivity contribution in [3.8, 4) is 0 Å². The van der Waals surface area contributed by atoms with Crippen LogP contribution in [0, 0.1) is 0 Å². The van der Waals surface area contributed by atoms with Gasteiger partial charge in [-0.3, -0.25) is 0 Å². The van der Waals surface area contributed by atoms with Crippen LogP contribution in [0.4, 0.5) is 4.39 Å². The summed E-state index contributed by atoms with van der Waals surface area (Å²) in [4.78, 5) is 0. The number of alkyl halides is 1. The van der Waals surface area contributed by atoms with Crippen molar-refractivity contribution in [2.24, 2.45) is 0 Å². The minimum atomic E-state index is -1.29. The first-order chi connectivity index (χ1) is 5.25. The number of aliphatic hydroxyl groups excluding tert-OH is 1. The van der Waals surface area contributed by atoms with Crippen LogP contribution in [0.1, 0.15) is 11.7 Å². The van der Waals surface area contributed by atoms with Crippen molar-refractivity contribution >= 4 is 15.9 Å². The minimum Gasteiger partial charge on any atom is -0.393 e. The molecule has 0 amide bonds. The van der Waals surface area contributed by atoms with E-state index in [4.69, 9.17) is 5.11 Å². The molecule has 11 heavy (non-hydrogen) atoms. The van der Waals surface area contributed by atoms with Crippen molar-refractivity contribution in [1.29, 1.82) is 0 Å². The zero-order valence-electron chi connectivity index (χ0n) is 5.80. The van der Waals surface area contributed by atoms with Crippen LogP contribution >= 0.6 is 15.9 Å². The van der Waals surface area contributed by atoms with Crippen LogP contribution in [0.25, 0.3) is 0 Å². The van der Waals surface area contributed by atoms with Crippen molar-refractivity contribution in [3.63, 3.8) is 0 Å². The molecular weight excluding hydrogens is 211 g/mol. The van der Waals surface area contributed by atoms with Crippen molar-refractivity contribution in [1.82, 2.24) is 0 Å². The van der Waals surface area contributed by atoms with E-state index in [0.717, 1.165) is 0 Å². The standard InChI is InChI=1S/C8H8BrFO/c9-7-4-2-1-3-6(7)8(10)5-11/h1-4,8,11H,5H2. The fourth-order valence-electron chi connectivity index (χ4n) is 0.827. The van der Waals surface area contributed by atoms with E-state index in [2.05, 4.69) is 15.9 Å². The van der Waals surface area contributed by atoms with Gasteiger partial charge in [0.05, 0.1) is 6.61 Å². The van der Waals surface area contributed by atoms with Gasteiger partial charge in [0.1, 0.15) is 6.17 Å². The van der Waals surface area contributed by atoms with Gasteiger partial charge in [-0.1, -0.05) is 34.1 Å². The topological polar surface area (TPSA) is 20.2 Å². The quantitative estimate of drug-likeness (QED) is 0.809. The van der Waals surface area contributed by atoms with Crippen LogP contribution in [0.3, 0.4) is 0 Å². The number of halogens is 2.